The summed E-state index contributed by atoms with van der Waals surface area (Å²) in [7, 11) is 0. The molecule has 0 radical (unpaired) electrons. The Morgan fingerprint density at radius 2 is 1.74 bits per heavy atom. The minimum Gasteiger partial charge on any atom is -0.484 e. The first-order valence-electron chi connectivity index (χ1n) is 8.32. The Morgan fingerprint density at radius 3 is 2.48 bits per heavy atom. The molecule has 2 aliphatic rings. The number of aliphatic hydroxyl groups is 2. The predicted octanol–water partition coefficient (Wildman–Crippen LogP) is 2.41. The normalized spacial score (nSPS) is 26.5. The van der Waals surface area contributed by atoms with Crippen LogP contribution in [0.3, 0.4) is 0 Å². The standard InChI is InChI=1S/C18H21NO4/c20-13-8-6-11-5-7-12-14(15(11)19-13)16(21)17(22)18(23-12)9-3-1-2-4-10-18/h5-8,16-17,21-22H,1-4,9-10H2,(H,19,20)/t16-,17-/m0/s1. The van der Waals surface area contributed by atoms with E-state index < -0.39 is 17.8 Å². The van der Waals surface area contributed by atoms with Crippen LogP contribution in [0, 0.1) is 0 Å². The molecule has 0 bridgehead atoms. The summed E-state index contributed by atoms with van der Waals surface area (Å²) in [4.78, 5) is 14.4. The Morgan fingerprint density at radius 1 is 1.04 bits per heavy atom. The molecule has 1 aliphatic heterocycles. The molecule has 1 aromatic heterocycles. The van der Waals surface area contributed by atoms with E-state index in [0.29, 0.717) is 16.8 Å². The molecule has 5 heteroatoms. The fourth-order valence-electron chi connectivity index (χ4n) is 4.06. The van der Waals surface area contributed by atoms with Crippen LogP contribution >= 0.6 is 0 Å². The van der Waals surface area contributed by atoms with Gasteiger partial charge in [0.15, 0.2) is 0 Å². The lowest BCUT2D eigenvalue weighted by atomic mass is 9.80. The van der Waals surface area contributed by atoms with Crippen LogP contribution < -0.4 is 10.3 Å². The number of H-pyrrole nitrogens is 1. The molecule has 3 N–H and O–H groups in total. The van der Waals surface area contributed by atoms with E-state index in [4.69, 9.17) is 4.74 Å². The maximum Gasteiger partial charge on any atom is 0.248 e. The molecule has 2 aromatic rings. The van der Waals surface area contributed by atoms with E-state index in [1.165, 1.54) is 6.07 Å². The number of aromatic amines is 1. The maximum atomic E-state index is 11.7. The van der Waals surface area contributed by atoms with Crippen LogP contribution in [0.4, 0.5) is 0 Å². The van der Waals surface area contributed by atoms with Gasteiger partial charge in [-0.25, -0.2) is 0 Å². The summed E-state index contributed by atoms with van der Waals surface area (Å²) in [6.45, 7) is 0. The third-order valence-corrected chi connectivity index (χ3v) is 5.30. The molecule has 0 unspecified atom stereocenters. The van der Waals surface area contributed by atoms with Crippen LogP contribution in [-0.4, -0.2) is 26.9 Å². The van der Waals surface area contributed by atoms with E-state index >= 15 is 0 Å². The quantitative estimate of drug-likeness (QED) is 0.697. The first kappa shape index (κ1) is 14.7. The maximum absolute atomic E-state index is 11.7. The SMILES string of the molecule is O=c1ccc2ccc3c(c2[nH]1)[C@H](O)[C@H](O)C1(CCCCCC1)O3. The molecular weight excluding hydrogens is 294 g/mol. The largest absolute Gasteiger partial charge is 0.484 e. The second kappa shape index (κ2) is 5.35. The van der Waals surface area contributed by atoms with Crippen molar-refractivity contribution in [3.8, 4) is 5.75 Å². The van der Waals surface area contributed by atoms with Crippen LogP contribution in [0.25, 0.3) is 10.9 Å². The number of rotatable bonds is 0. The summed E-state index contributed by atoms with van der Waals surface area (Å²) in [6, 6.07) is 6.87. The van der Waals surface area contributed by atoms with E-state index in [2.05, 4.69) is 4.98 Å². The molecule has 1 saturated carbocycles. The summed E-state index contributed by atoms with van der Waals surface area (Å²) >= 11 is 0. The molecule has 0 amide bonds. The summed E-state index contributed by atoms with van der Waals surface area (Å²) in [6.07, 6.45) is 3.69. The van der Waals surface area contributed by atoms with Crippen LogP contribution in [0.1, 0.15) is 50.2 Å². The van der Waals surface area contributed by atoms with Gasteiger partial charge in [0.05, 0.1) is 5.52 Å². The third-order valence-electron chi connectivity index (χ3n) is 5.30. The number of pyridine rings is 1. The van der Waals surface area contributed by atoms with Crippen molar-refractivity contribution in [2.75, 3.05) is 0 Å². The molecular formula is C18H21NO4. The van der Waals surface area contributed by atoms with Crippen molar-refractivity contribution in [2.45, 2.75) is 56.3 Å². The lowest BCUT2D eigenvalue weighted by Gasteiger charge is -2.44. The van der Waals surface area contributed by atoms with Crippen molar-refractivity contribution < 1.29 is 14.9 Å². The highest BCUT2D eigenvalue weighted by Crippen LogP contribution is 2.47. The Bertz CT molecular complexity index is 789. The fraction of sp³-hybridized carbons (Fsp3) is 0.500. The van der Waals surface area contributed by atoms with Gasteiger partial charge in [0, 0.05) is 11.6 Å². The Kier molecular flexibility index (Phi) is 3.43. The Balaban J connectivity index is 1.88. The van der Waals surface area contributed by atoms with E-state index in [0.717, 1.165) is 43.9 Å². The van der Waals surface area contributed by atoms with Gasteiger partial charge in [-0.2, -0.15) is 0 Å². The molecule has 1 aromatic carbocycles. The van der Waals surface area contributed by atoms with Gasteiger partial charge in [0.2, 0.25) is 5.56 Å². The highest BCUT2D eigenvalue weighted by Gasteiger charge is 2.49. The van der Waals surface area contributed by atoms with Crippen LogP contribution in [0.5, 0.6) is 5.75 Å². The van der Waals surface area contributed by atoms with Crippen LogP contribution in [-0.2, 0) is 0 Å². The van der Waals surface area contributed by atoms with Crippen molar-refractivity contribution in [1.82, 2.24) is 4.98 Å². The van der Waals surface area contributed by atoms with Gasteiger partial charge in [-0.05, 0) is 49.3 Å². The second-order valence-electron chi connectivity index (χ2n) is 6.73. The zero-order valence-corrected chi connectivity index (χ0v) is 12.9. The average molecular weight is 315 g/mol. The van der Waals surface area contributed by atoms with Gasteiger partial charge < -0.3 is 19.9 Å². The molecule has 4 rings (SSSR count). The molecule has 2 atom stereocenters. The summed E-state index contributed by atoms with van der Waals surface area (Å²) in [5.41, 5.74) is 0.0843. The van der Waals surface area contributed by atoms with E-state index in [1.807, 2.05) is 12.1 Å². The number of hydrogen-bond donors (Lipinski definition) is 3. The fourth-order valence-corrected chi connectivity index (χ4v) is 4.06. The van der Waals surface area contributed by atoms with Gasteiger partial charge in [-0.3, -0.25) is 4.79 Å². The summed E-state index contributed by atoms with van der Waals surface area (Å²) in [5, 5.41) is 22.4. The van der Waals surface area contributed by atoms with E-state index in [1.54, 1.807) is 6.07 Å². The van der Waals surface area contributed by atoms with Gasteiger partial charge in [0.1, 0.15) is 23.6 Å². The monoisotopic (exact) mass is 315 g/mol. The summed E-state index contributed by atoms with van der Waals surface area (Å²) in [5.74, 6) is 0.569. The number of aliphatic hydroxyl groups excluding tert-OH is 2. The average Bonchev–Trinajstić information content (AvgIpc) is 2.78. The van der Waals surface area contributed by atoms with Crippen LogP contribution in [0.15, 0.2) is 29.1 Å². The lowest BCUT2D eigenvalue weighted by Crippen LogP contribution is -2.53. The lowest BCUT2D eigenvalue weighted by molar-refractivity contribution is -0.135. The number of ether oxygens (including phenoxy) is 1. The molecule has 0 saturated heterocycles. The van der Waals surface area contributed by atoms with Crippen molar-refractivity contribution in [3.05, 3.63) is 40.2 Å². The molecule has 1 spiro atoms. The molecule has 2 heterocycles. The van der Waals surface area contributed by atoms with Crippen molar-refractivity contribution >= 4 is 10.9 Å². The smallest absolute Gasteiger partial charge is 0.248 e. The first-order valence-corrected chi connectivity index (χ1v) is 8.32. The van der Waals surface area contributed by atoms with Crippen molar-refractivity contribution in [3.63, 3.8) is 0 Å². The van der Waals surface area contributed by atoms with Crippen molar-refractivity contribution in [2.24, 2.45) is 0 Å². The minimum atomic E-state index is -1.06. The first-order chi connectivity index (χ1) is 11.1. The van der Waals surface area contributed by atoms with Gasteiger partial charge >= 0.3 is 0 Å². The molecule has 1 fully saturated rings. The van der Waals surface area contributed by atoms with Gasteiger partial charge in [-0.15, -0.1) is 0 Å². The zero-order valence-electron chi connectivity index (χ0n) is 12.9. The Hall–Kier alpha value is -1.85. The number of benzene rings is 1. The highest BCUT2D eigenvalue weighted by atomic mass is 16.5. The zero-order chi connectivity index (χ0) is 16.0. The Labute approximate surface area is 133 Å². The molecule has 122 valence electrons. The number of aromatic nitrogens is 1. The third kappa shape index (κ3) is 2.26. The number of nitrogens with one attached hydrogen (secondary N) is 1. The van der Waals surface area contributed by atoms with E-state index in [9.17, 15) is 15.0 Å². The van der Waals surface area contributed by atoms with E-state index in [-0.39, 0.29) is 5.56 Å². The molecule has 5 nitrogen and oxygen atoms in total. The second-order valence-corrected chi connectivity index (χ2v) is 6.73. The number of fused-ring (bicyclic) bond motifs is 3. The van der Waals surface area contributed by atoms with Crippen molar-refractivity contribution in [1.29, 1.82) is 0 Å². The van der Waals surface area contributed by atoms with Gasteiger partial charge in [0.25, 0.3) is 0 Å². The topological polar surface area (TPSA) is 82.6 Å². The number of hydrogen-bond acceptors (Lipinski definition) is 4. The van der Waals surface area contributed by atoms with Gasteiger partial charge in [-0.1, -0.05) is 12.8 Å². The molecule has 23 heavy (non-hydrogen) atoms. The predicted molar refractivity (Wildman–Crippen MR) is 86.6 cm³/mol. The summed E-state index contributed by atoms with van der Waals surface area (Å²) < 4.78 is 6.24. The molecule has 1 aliphatic carbocycles. The van der Waals surface area contributed by atoms with Crippen LogP contribution in [0.2, 0.25) is 0 Å². The highest BCUT2D eigenvalue weighted by molar-refractivity contribution is 5.84. The minimum absolute atomic E-state index is 0.234.